The zero-order valence-corrected chi connectivity index (χ0v) is 12.3. The van der Waals surface area contributed by atoms with E-state index in [9.17, 15) is 8.42 Å². The van der Waals surface area contributed by atoms with Crippen molar-refractivity contribution in [3.05, 3.63) is 21.9 Å². The number of nitrogens with zero attached hydrogens (tertiary/aromatic N) is 1. The summed E-state index contributed by atoms with van der Waals surface area (Å²) in [5.74, 6) is 6.43. The van der Waals surface area contributed by atoms with Gasteiger partial charge in [-0.1, -0.05) is 11.8 Å². The fourth-order valence-corrected chi connectivity index (χ4v) is 4.01. The van der Waals surface area contributed by atoms with Crippen LogP contribution < -0.4 is 0 Å². The van der Waals surface area contributed by atoms with Crippen LogP contribution in [0.4, 0.5) is 0 Å². The summed E-state index contributed by atoms with van der Waals surface area (Å²) in [5, 5.41) is 10.7. The zero-order chi connectivity index (χ0) is 13.7. The van der Waals surface area contributed by atoms with Crippen molar-refractivity contribution in [2.75, 3.05) is 31.2 Å². The summed E-state index contributed by atoms with van der Waals surface area (Å²) in [7, 11) is -2.80. The molecule has 1 aliphatic rings. The van der Waals surface area contributed by atoms with Crippen molar-refractivity contribution in [3.63, 3.8) is 0 Å². The number of hydrogen-bond donors (Lipinski definition) is 1. The van der Waals surface area contributed by atoms with E-state index < -0.39 is 9.84 Å². The number of sulfone groups is 1. The average Bonchev–Trinajstić information content (AvgIpc) is 2.80. The maximum Gasteiger partial charge on any atom is 0.152 e. The van der Waals surface area contributed by atoms with Crippen molar-refractivity contribution >= 4 is 21.2 Å². The topological polar surface area (TPSA) is 57.6 Å². The van der Waals surface area contributed by atoms with Crippen molar-refractivity contribution in [2.24, 2.45) is 0 Å². The Balaban J connectivity index is 1.89. The molecule has 2 rings (SSSR count). The highest BCUT2D eigenvalue weighted by Gasteiger charge is 2.21. The van der Waals surface area contributed by atoms with Gasteiger partial charge >= 0.3 is 0 Å². The third kappa shape index (κ3) is 4.62. The molecule has 1 N–H and O–H groups in total. The maximum absolute atomic E-state index is 11.3. The minimum atomic E-state index is -2.80. The third-order valence-corrected chi connectivity index (χ3v) is 5.47. The quantitative estimate of drug-likeness (QED) is 0.835. The normalized spacial score (nSPS) is 18.8. The van der Waals surface area contributed by atoms with Gasteiger partial charge in [0.1, 0.15) is 0 Å². The van der Waals surface area contributed by atoms with Crippen LogP contribution in [0.25, 0.3) is 0 Å². The Hall–Kier alpha value is -0.870. The first kappa shape index (κ1) is 14.5. The van der Waals surface area contributed by atoms with Crippen molar-refractivity contribution in [1.29, 1.82) is 0 Å². The number of aliphatic hydroxyl groups is 1. The van der Waals surface area contributed by atoms with Crippen molar-refractivity contribution in [3.8, 4) is 11.8 Å². The van der Waals surface area contributed by atoms with Gasteiger partial charge in [-0.05, 0) is 6.07 Å². The first-order valence-corrected chi connectivity index (χ1v) is 8.89. The predicted molar refractivity (Wildman–Crippen MR) is 76.8 cm³/mol. The molecule has 1 aromatic heterocycles. The van der Waals surface area contributed by atoms with E-state index in [1.54, 1.807) is 11.3 Å². The molecular formula is C13H17NO3S2. The lowest BCUT2D eigenvalue weighted by Crippen LogP contribution is -2.39. The van der Waals surface area contributed by atoms with Gasteiger partial charge < -0.3 is 5.11 Å². The molecule has 0 spiro atoms. The largest absolute Gasteiger partial charge is 0.395 e. The van der Waals surface area contributed by atoms with E-state index >= 15 is 0 Å². The first-order chi connectivity index (χ1) is 9.09. The second-order valence-electron chi connectivity index (χ2n) is 4.51. The van der Waals surface area contributed by atoms with E-state index in [1.165, 1.54) is 4.88 Å². The molecule has 0 aliphatic carbocycles. The Kier molecular flexibility index (Phi) is 4.99. The standard InChI is InChI=1S/C13H17NO3S2/c15-6-2-1-3-12-9-13(18-11-12)10-14-4-7-19(16,17)8-5-14/h9,11,15H,2,4-8,10H2. The molecule has 1 aromatic rings. The van der Waals surface area contributed by atoms with Gasteiger partial charge in [0.2, 0.25) is 0 Å². The second-order valence-corrected chi connectivity index (χ2v) is 7.80. The van der Waals surface area contributed by atoms with E-state index in [4.69, 9.17) is 5.11 Å². The van der Waals surface area contributed by atoms with Crippen LogP contribution in [0.2, 0.25) is 0 Å². The lowest BCUT2D eigenvalue weighted by molar-refractivity contribution is 0.290. The molecule has 19 heavy (non-hydrogen) atoms. The summed E-state index contributed by atoms with van der Waals surface area (Å²) in [4.78, 5) is 3.37. The van der Waals surface area contributed by atoms with Crippen LogP contribution in [-0.4, -0.2) is 49.6 Å². The van der Waals surface area contributed by atoms with Crippen LogP contribution >= 0.6 is 11.3 Å². The first-order valence-electron chi connectivity index (χ1n) is 6.19. The lowest BCUT2D eigenvalue weighted by Gasteiger charge is -2.25. The molecular weight excluding hydrogens is 282 g/mol. The summed E-state index contributed by atoms with van der Waals surface area (Å²) in [6.07, 6.45) is 0.495. The third-order valence-electron chi connectivity index (χ3n) is 2.94. The number of thiophene rings is 1. The van der Waals surface area contributed by atoms with Gasteiger partial charge in [0, 0.05) is 41.9 Å². The minimum absolute atomic E-state index is 0.0895. The van der Waals surface area contributed by atoms with Crippen molar-refractivity contribution < 1.29 is 13.5 Å². The van der Waals surface area contributed by atoms with E-state index in [0.717, 1.165) is 12.1 Å². The van der Waals surface area contributed by atoms with Crippen molar-refractivity contribution in [1.82, 2.24) is 4.90 Å². The molecule has 4 nitrogen and oxygen atoms in total. The highest BCUT2D eigenvalue weighted by molar-refractivity contribution is 7.91. The number of rotatable bonds is 3. The minimum Gasteiger partial charge on any atom is -0.395 e. The number of hydrogen-bond acceptors (Lipinski definition) is 5. The maximum atomic E-state index is 11.3. The Bertz CT molecular complexity index is 567. The van der Waals surface area contributed by atoms with Crippen LogP contribution in [-0.2, 0) is 16.4 Å². The molecule has 2 heterocycles. The molecule has 104 valence electrons. The van der Waals surface area contributed by atoms with Gasteiger partial charge in [0.15, 0.2) is 9.84 Å². The summed E-state index contributed by atoms with van der Waals surface area (Å²) in [6, 6.07) is 2.04. The van der Waals surface area contributed by atoms with Crippen LogP contribution in [0.3, 0.4) is 0 Å². The Morgan fingerprint density at radius 3 is 2.79 bits per heavy atom. The summed E-state index contributed by atoms with van der Waals surface area (Å²) in [6.45, 7) is 2.12. The molecule has 0 aromatic carbocycles. The van der Waals surface area contributed by atoms with Crippen LogP contribution in [0.5, 0.6) is 0 Å². The van der Waals surface area contributed by atoms with Gasteiger partial charge in [0.25, 0.3) is 0 Å². The smallest absolute Gasteiger partial charge is 0.152 e. The lowest BCUT2D eigenvalue weighted by atomic mass is 10.3. The van der Waals surface area contributed by atoms with E-state index in [1.807, 2.05) is 11.4 Å². The summed E-state index contributed by atoms with van der Waals surface area (Å²) >= 11 is 1.65. The Morgan fingerprint density at radius 1 is 1.37 bits per heavy atom. The highest BCUT2D eigenvalue weighted by Crippen LogP contribution is 2.17. The molecule has 0 unspecified atom stereocenters. The Labute approximate surface area is 118 Å². The van der Waals surface area contributed by atoms with Gasteiger partial charge in [-0.15, -0.1) is 11.3 Å². The highest BCUT2D eigenvalue weighted by atomic mass is 32.2. The van der Waals surface area contributed by atoms with Gasteiger partial charge in [-0.3, -0.25) is 4.90 Å². The molecule has 0 amide bonds. The van der Waals surface area contributed by atoms with Crippen molar-refractivity contribution in [2.45, 2.75) is 13.0 Å². The summed E-state index contributed by atoms with van der Waals surface area (Å²) in [5.41, 5.74) is 0.970. The SMILES string of the molecule is O=S1(=O)CCN(Cc2cc(C#CCCO)cs2)CC1. The van der Waals surface area contributed by atoms with E-state index in [0.29, 0.717) is 19.5 Å². The fourth-order valence-electron chi connectivity index (χ4n) is 1.88. The monoisotopic (exact) mass is 299 g/mol. The van der Waals surface area contributed by atoms with Gasteiger partial charge in [-0.2, -0.15) is 0 Å². The van der Waals surface area contributed by atoms with Crippen LogP contribution in [0.15, 0.2) is 11.4 Å². The molecule has 0 bridgehead atoms. The molecule has 1 aliphatic heterocycles. The van der Waals surface area contributed by atoms with E-state index in [-0.39, 0.29) is 18.1 Å². The molecule has 1 fully saturated rings. The second kappa shape index (κ2) is 6.53. The summed E-state index contributed by atoms with van der Waals surface area (Å²) < 4.78 is 22.7. The van der Waals surface area contributed by atoms with Gasteiger partial charge in [-0.25, -0.2) is 8.42 Å². The van der Waals surface area contributed by atoms with Crippen LogP contribution in [0, 0.1) is 11.8 Å². The average molecular weight is 299 g/mol. The Morgan fingerprint density at radius 2 is 2.11 bits per heavy atom. The van der Waals surface area contributed by atoms with Gasteiger partial charge in [0.05, 0.1) is 18.1 Å². The number of aliphatic hydroxyl groups excluding tert-OH is 1. The molecule has 0 radical (unpaired) electrons. The fraction of sp³-hybridized carbons (Fsp3) is 0.538. The molecule has 0 saturated carbocycles. The zero-order valence-electron chi connectivity index (χ0n) is 10.6. The predicted octanol–water partition coefficient (Wildman–Crippen LogP) is 0.712. The molecule has 6 heteroatoms. The molecule has 1 saturated heterocycles. The van der Waals surface area contributed by atoms with Crippen LogP contribution in [0.1, 0.15) is 16.9 Å². The molecule has 0 atom stereocenters. The van der Waals surface area contributed by atoms with E-state index in [2.05, 4.69) is 16.7 Å².